The molecular weight excluding hydrogens is 703 g/mol. The highest BCUT2D eigenvalue weighted by atomic mass is 127. The van der Waals surface area contributed by atoms with Crippen molar-refractivity contribution in [3.63, 3.8) is 0 Å². The van der Waals surface area contributed by atoms with Crippen LogP contribution in [0.25, 0.3) is 0 Å². The van der Waals surface area contributed by atoms with Crippen LogP contribution in [0.3, 0.4) is 0 Å². The summed E-state index contributed by atoms with van der Waals surface area (Å²) in [5.74, 6) is -3.38. The van der Waals surface area contributed by atoms with Gasteiger partial charge in [0.2, 0.25) is 0 Å². The van der Waals surface area contributed by atoms with Crippen molar-refractivity contribution in [3.05, 3.63) is 24.8 Å². The van der Waals surface area contributed by atoms with E-state index < -0.39 is 70.4 Å². The molecule has 2 saturated heterocycles. The Bertz CT molecular complexity index is 1120. The molecule has 1 spiro atoms. The Labute approximate surface area is 212 Å². The summed E-state index contributed by atoms with van der Waals surface area (Å²) in [4.78, 5) is 24.9. The molecule has 33 heavy (non-hydrogen) atoms. The van der Waals surface area contributed by atoms with Gasteiger partial charge in [0.25, 0.3) is 5.79 Å². The van der Waals surface area contributed by atoms with E-state index in [4.69, 9.17) is 18.9 Å². The van der Waals surface area contributed by atoms with Crippen molar-refractivity contribution >= 4 is 67.2 Å². The number of rotatable bonds is 6. The Kier molecular flexibility index (Phi) is 6.59. The first kappa shape index (κ1) is 25.2. The predicted molar refractivity (Wildman–Crippen MR) is 117 cm³/mol. The zero-order chi connectivity index (χ0) is 24.3. The second-order valence-electron chi connectivity index (χ2n) is 7.72. The Balaban J connectivity index is 1.37. The molecule has 3 heterocycles. The van der Waals surface area contributed by atoms with E-state index in [-0.39, 0.29) is 18.4 Å². The van der Waals surface area contributed by atoms with Crippen LogP contribution >= 0.6 is 45.2 Å². The van der Waals surface area contributed by atoms with Crippen LogP contribution in [-0.2, 0) is 29.1 Å². The number of hydrogen-bond acceptors (Lipinski definition) is 9. The summed E-state index contributed by atoms with van der Waals surface area (Å²) < 4.78 is 94.8. The van der Waals surface area contributed by atoms with Gasteiger partial charge in [-0.1, -0.05) is 0 Å². The fourth-order valence-electron chi connectivity index (χ4n) is 4.01. The van der Waals surface area contributed by atoms with Crippen LogP contribution in [0.2, 0.25) is 0 Å². The molecule has 182 valence electrons. The molecule has 1 aromatic rings. The van der Waals surface area contributed by atoms with E-state index in [1.807, 2.05) is 28.7 Å². The number of alkyl halides is 3. The van der Waals surface area contributed by atoms with E-state index in [9.17, 15) is 35.7 Å². The molecule has 4 rings (SSSR count). The summed E-state index contributed by atoms with van der Waals surface area (Å²) >= 11 is 4.09. The van der Waals surface area contributed by atoms with Crippen molar-refractivity contribution in [2.75, 3.05) is 6.61 Å². The van der Waals surface area contributed by atoms with Gasteiger partial charge in [0.15, 0.2) is 22.0 Å². The maximum atomic E-state index is 13.5. The van der Waals surface area contributed by atoms with Crippen molar-refractivity contribution in [2.24, 2.45) is 5.92 Å². The van der Waals surface area contributed by atoms with Gasteiger partial charge >= 0.3 is 17.2 Å². The highest BCUT2D eigenvalue weighted by molar-refractivity contribution is 14.1. The lowest BCUT2D eigenvalue weighted by Gasteiger charge is -2.39. The van der Waals surface area contributed by atoms with Gasteiger partial charge in [0.1, 0.15) is 11.7 Å². The predicted octanol–water partition coefficient (Wildman–Crippen LogP) is 2.73. The smallest absolute Gasteiger partial charge is 0.364 e. The van der Waals surface area contributed by atoms with Gasteiger partial charge in [-0.3, -0.25) is 4.79 Å². The molecule has 0 amide bonds. The maximum Gasteiger partial charge on any atom is 0.364 e. The molecule has 0 N–H and O–H groups in total. The zero-order valence-corrected chi connectivity index (χ0v) is 21.4. The first-order valence-electron chi connectivity index (χ1n) is 9.46. The molecule has 0 radical (unpaired) electrons. The molecule has 9 nitrogen and oxygen atoms in total. The lowest BCUT2D eigenvalue weighted by molar-refractivity contribution is -0.186. The van der Waals surface area contributed by atoms with E-state index in [1.54, 1.807) is 6.07 Å². The number of halogens is 5. The quantitative estimate of drug-likeness (QED) is 0.248. The summed E-state index contributed by atoms with van der Waals surface area (Å²) in [5.41, 5.74) is 0.272. The van der Waals surface area contributed by atoms with Gasteiger partial charge in [-0.05, 0) is 63.7 Å². The molecule has 3 aliphatic rings. The van der Waals surface area contributed by atoms with Crippen molar-refractivity contribution in [3.8, 4) is 5.75 Å². The molecule has 5 atom stereocenters. The third-order valence-corrected chi connectivity index (χ3v) is 7.96. The van der Waals surface area contributed by atoms with E-state index in [2.05, 4.69) is 22.6 Å². The Morgan fingerprint density at radius 2 is 2.03 bits per heavy atom. The topological polar surface area (TPSA) is 128 Å². The minimum absolute atomic E-state index is 0.0168. The lowest BCUT2D eigenvalue weighted by Crippen LogP contribution is -2.53. The number of esters is 2. The number of ether oxygens (including phenoxy) is 4. The van der Waals surface area contributed by atoms with Gasteiger partial charge in [0, 0.05) is 9.99 Å². The molecule has 5 unspecified atom stereocenters. The lowest BCUT2D eigenvalue weighted by atomic mass is 9.84. The SMILES string of the molecule is O=C1OC2(CC3OC2CC3C(=O)OCCC(F)C(F)(F)S(=O)(=O)[O-])Oc2c(I)cc(I)cc21. The molecule has 0 aromatic heterocycles. The van der Waals surface area contributed by atoms with Crippen LogP contribution in [0.4, 0.5) is 13.2 Å². The first-order chi connectivity index (χ1) is 15.2. The molecule has 15 heteroatoms. The van der Waals surface area contributed by atoms with Crippen LogP contribution in [0, 0.1) is 13.1 Å². The average molecular weight is 717 g/mol. The van der Waals surface area contributed by atoms with Crippen molar-refractivity contribution in [2.45, 2.75) is 48.7 Å². The molecule has 2 fully saturated rings. The van der Waals surface area contributed by atoms with E-state index in [0.717, 1.165) is 3.57 Å². The van der Waals surface area contributed by atoms with Gasteiger partial charge in [-0.25, -0.2) is 17.6 Å². The minimum Gasteiger partial charge on any atom is -0.743 e. The number of benzene rings is 1. The van der Waals surface area contributed by atoms with Gasteiger partial charge in [-0.2, -0.15) is 8.78 Å². The van der Waals surface area contributed by atoms with Crippen LogP contribution in [0.1, 0.15) is 29.6 Å². The van der Waals surface area contributed by atoms with Crippen molar-refractivity contribution in [1.29, 1.82) is 0 Å². The van der Waals surface area contributed by atoms with Crippen LogP contribution in [-0.4, -0.2) is 60.9 Å². The number of carbonyl (C=O) groups excluding carboxylic acids is 2. The second-order valence-corrected chi connectivity index (χ2v) is 11.6. The summed E-state index contributed by atoms with van der Waals surface area (Å²) in [5, 5.41) is -5.13. The summed E-state index contributed by atoms with van der Waals surface area (Å²) in [6.45, 7) is -0.861. The second kappa shape index (κ2) is 8.63. The average Bonchev–Trinajstić information content (AvgIpc) is 3.26. The normalized spacial score (nSPS) is 29.4. The molecule has 2 bridgehead atoms. The largest absolute Gasteiger partial charge is 0.743 e. The molecule has 0 saturated carbocycles. The summed E-state index contributed by atoms with van der Waals surface area (Å²) in [6.07, 6.45) is -6.01. The van der Waals surface area contributed by atoms with E-state index >= 15 is 0 Å². The van der Waals surface area contributed by atoms with Gasteiger partial charge in [-0.15, -0.1) is 0 Å². The Morgan fingerprint density at radius 1 is 1.33 bits per heavy atom. The summed E-state index contributed by atoms with van der Waals surface area (Å²) in [6, 6.07) is 3.45. The molecule has 0 aliphatic carbocycles. The third kappa shape index (κ3) is 4.42. The monoisotopic (exact) mass is 717 g/mol. The van der Waals surface area contributed by atoms with E-state index in [1.165, 1.54) is 0 Å². The van der Waals surface area contributed by atoms with Crippen molar-refractivity contribution in [1.82, 2.24) is 0 Å². The van der Waals surface area contributed by atoms with Gasteiger partial charge < -0.3 is 23.5 Å². The maximum absolute atomic E-state index is 13.5. The highest BCUT2D eigenvalue weighted by Gasteiger charge is 2.64. The highest BCUT2D eigenvalue weighted by Crippen LogP contribution is 2.51. The van der Waals surface area contributed by atoms with Crippen LogP contribution in [0.5, 0.6) is 5.75 Å². The molecule has 1 aromatic carbocycles. The van der Waals surface area contributed by atoms with E-state index in [0.29, 0.717) is 9.32 Å². The Hall–Kier alpha value is -0.920. The zero-order valence-electron chi connectivity index (χ0n) is 16.3. The number of hydrogen-bond donors (Lipinski definition) is 0. The van der Waals surface area contributed by atoms with Crippen LogP contribution in [0.15, 0.2) is 12.1 Å². The minimum atomic E-state index is -6.20. The number of carbonyl (C=O) groups is 2. The number of fused-ring (bicyclic) bond motifs is 4. The Morgan fingerprint density at radius 3 is 2.64 bits per heavy atom. The molecular formula is C18H14F3I2O9S-. The first-order valence-corrected chi connectivity index (χ1v) is 13.0. The standard InChI is InChI=1S/C18H15F3I2O9S/c19-12(18(20,21)33(26,27)28)1-2-29-15(24)8-5-13-17(6-11(8)30-13)31-14-9(16(25)32-17)3-7(22)4-10(14)23/h3-4,8,11-13H,1-2,5-6H2,(H,26,27,28)/p-1. The van der Waals surface area contributed by atoms with Crippen molar-refractivity contribution < 1.29 is 54.7 Å². The fraction of sp³-hybridized carbons (Fsp3) is 0.556. The third-order valence-electron chi connectivity index (χ3n) is 5.62. The van der Waals surface area contributed by atoms with Gasteiger partial charge in [0.05, 0.1) is 28.6 Å². The fourth-order valence-corrected chi connectivity index (χ4v) is 6.39. The molecule has 3 aliphatic heterocycles. The van der Waals surface area contributed by atoms with Crippen LogP contribution < -0.4 is 4.74 Å². The summed E-state index contributed by atoms with van der Waals surface area (Å²) in [7, 11) is -6.20.